The number of amides is 1. The zero-order chi connectivity index (χ0) is 9.56. The molecule has 0 aliphatic heterocycles. The zero-order valence-corrected chi connectivity index (χ0v) is 7.53. The Labute approximate surface area is 72.0 Å². The van der Waals surface area contributed by atoms with E-state index in [0.717, 1.165) is 0 Å². The summed E-state index contributed by atoms with van der Waals surface area (Å²) < 4.78 is 0. The van der Waals surface area contributed by atoms with Crippen molar-refractivity contribution >= 4 is 11.7 Å². The van der Waals surface area contributed by atoms with E-state index in [1.165, 1.54) is 13.8 Å². The number of nitrogens with zero attached hydrogens (tertiary/aromatic N) is 1. The number of amidine groups is 1. The lowest BCUT2D eigenvalue weighted by Crippen LogP contribution is -2.27. The molecular formula is C8H14N2O2. The molecule has 0 aromatic carbocycles. The van der Waals surface area contributed by atoms with Crippen LogP contribution in [0.25, 0.3) is 0 Å². The number of hydrogen-bond acceptors (Lipinski definition) is 3. The Bertz CT molecular complexity index is 207. The molecule has 1 unspecified atom stereocenters. The van der Waals surface area contributed by atoms with E-state index >= 15 is 0 Å². The maximum atomic E-state index is 10.6. The van der Waals surface area contributed by atoms with Crippen molar-refractivity contribution in [2.45, 2.75) is 27.0 Å². The van der Waals surface area contributed by atoms with Crippen LogP contribution in [0.5, 0.6) is 0 Å². The molecular weight excluding hydrogens is 156 g/mol. The summed E-state index contributed by atoms with van der Waals surface area (Å²) in [4.78, 5) is 14.4. The molecule has 4 nitrogen and oxygen atoms in total. The maximum absolute atomic E-state index is 10.6. The molecule has 2 N–H and O–H groups in total. The Morgan fingerprint density at radius 1 is 1.67 bits per heavy atom. The number of allylic oxidation sites excluding steroid dienone is 1. The first-order chi connectivity index (χ1) is 5.56. The number of aliphatic hydroxyl groups excluding tert-OH is 1. The van der Waals surface area contributed by atoms with Crippen LogP contribution in [0.4, 0.5) is 0 Å². The Morgan fingerprint density at radius 3 is 2.58 bits per heavy atom. The highest BCUT2D eigenvalue weighted by atomic mass is 16.3. The summed E-state index contributed by atoms with van der Waals surface area (Å²) in [5.41, 5.74) is 0. The molecule has 0 rings (SSSR count). The summed E-state index contributed by atoms with van der Waals surface area (Å²) >= 11 is 0. The highest BCUT2D eigenvalue weighted by Gasteiger charge is 1.97. The number of hydrogen-bond donors (Lipinski definition) is 2. The summed E-state index contributed by atoms with van der Waals surface area (Å²) in [5.74, 6) is 0.174. The molecule has 0 aromatic heterocycles. The molecule has 1 amide bonds. The van der Waals surface area contributed by atoms with Crippen LogP contribution in [0.2, 0.25) is 0 Å². The van der Waals surface area contributed by atoms with Crippen molar-refractivity contribution in [2.24, 2.45) is 4.99 Å². The van der Waals surface area contributed by atoms with Gasteiger partial charge < -0.3 is 10.4 Å². The van der Waals surface area contributed by atoms with Crippen molar-refractivity contribution in [3.63, 3.8) is 0 Å². The summed E-state index contributed by atoms with van der Waals surface area (Å²) in [5, 5.41) is 11.4. The predicted octanol–water partition coefficient (Wildman–Crippen LogP) is 0.435. The standard InChI is InChI=1S/C8H14N2O2/c1-4-5-8(9-6(2)11)10-7(3)12/h4-6,11H,1-3H3,(H,9,10,12)/b5-4-. The van der Waals surface area contributed by atoms with Gasteiger partial charge in [-0.1, -0.05) is 6.08 Å². The number of carbonyl (C=O) groups excluding carboxylic acids is 1. The van der Waals surface area contributed by atoms with E-state index < -0.39 is 6.23 Å². The van der Waals surface area contributed by atoms with Crippen molar-refractivity contribution in [3.8, 4) is 0 Å². The van der Waals surface area contributed by atoms with Crippen molar-refractivity contribution in [2.75, 3.05) is 0 Å². The maximum Gasteiger partial charge on any atom is 0.222 e. The van der Waals surface area contributed by atoms with Gasteiger partial charge in [-0.15, -0.1) is 0 Å². The van der Waals surface area contributed by atoms with E-state index in [2.05, 4.69) is 10.3 Å². The smallest absolute Gasteiger partial charge is 0.222 e. The zero-order valence-electron chi connectivity index (χ0n) is 7.53. The topological polar surface area (TPSA) is 61.7 Å². The molecule has 0 saturated carbocycles. The second-order valence-corrected chi connectivity index (χ2v) is 2.33. The number of aliphatic hydroxyl groups is 1. The van der Waals surface area contributed by atoms with E-state index in [4.69, 9.17) is 5.11 Å². The average Bonchev–Trinajstić information content (AvgIpc) is 1.84. The van der Waals surface area contributed by atoms with Crippen molar-refractivity contribution in [3.05, 3.63) is 12.2 Å². The summed E-state index contributed by atoms with van der Waals surface area (Å²) in [6.07, 6.45) is 2.55. The van der Waals surface area contributed by atoms with Gasteiger partial charge in [0.1, 0.15) is 12.1 Å². The van der Waals surface area contributed by atoms with Gasteiger partial charge in [-0.2, -0.15) is 0 Å². The fraction of sp³-hybridized carbons (Fsp3) is 0.500. The van der Waals surface area contributed by atoms with Crippen LogP contribution in [-0.4, -0.2) is 23.1 Å². The van der Waals surface area contributed by atoms with Gasteiger partial charge in [-0.05, 0) is 19.9 Å². The largest absolute Gasteiger partial charge is 0.372 e. The molecule has 0 radical (unpaired) electrons. The molecule has 0 fully saturated rings. The molecule has 0 aromatic rings. The Morgan fingerprint density at radius 2 is 2.25 bits per heavy atom. The Hall–Kier alpha value is -1.16. The van der Waals surface area contributed by atoms with Crippen LogP contribution >= 0.6 is 0 Å². The first-order valence-corrected chi connectivity index (χ1v) is 3.72. The van der Waals surface area contributed by atoms with Crippen LogP contribution in [0.15, 0.2) is 17.1 Å². The van der Waals surface area contributed by atoms with Crippen LogP contribution in [0.1, 0.15) is 20.8 Å². The van der Waals surface area contributed by atoms with Crippen molar-refractivity contribution in [1.29, 1.82) is 0 Å². The van der Waals surface area contributed by atoms with Crippen LogP contribution in [-0.2, 0) is 4.79 Å². The summed E-state index contributed by atoms with van der Waals surface area (Å²) in [6, 6.07) is 0. The monoisotopic (exact) mass is 170 g/mol. The van der Waals surface area contributed by atoms with Crippen LogP contribution in [0.3, 0.4) is 0 Å². The second kappa shape index (κ2) is 5.49. The number of nitrogens with one attached hydrogen (secondary N) is 1. The van der Waals surface area contributed by atoms with Gasteiger partial charge >= 0.3 is 0 Å². The lowest BCUT2D eigenvalue weighted by atomic mass is 10.4. The molecule has 0 aliphatic rings. The van der Waals surface area contributed by atoms with Gasteiger partial charge in [-0.25, -0.2) is 4.99 Å². The Balaban J connectivity index is 4.32. The minimum Gasteiger partial charge on any atom is -0.372 e. The summed E-state index contributed by atoms with van der Waals surface area (Å²) in [6.45, 7) is 4.71. The molecule has 0 aliphatic carbocycles. The van der Waals surface area contributed by atoms with E-state index in [1.807, 2.05) is 0 Å². The lowest BCUT2D eigenvalue weighted by Gasteiger charge is -2.02. The molecule has 1 atom stereocenters. The Kier molecular flexibility index (Phi) is 4.96. The normalized spacial score (nSPS) is 14.8. The van der Waals surface area contributed by atoms with Gasteiger partial charge in [0, 0.05) is 6.92 Å². The van der Waals surface area contributed by atoms with Gasteiger partial charge in [-0.3, -0.25) is 4.79 Å². The molecule has 0 heterocycles. The van der Waals surface area contributed by atoms with E-state index in [9.17, 15) is 4.79 Å². The van der Waals surface area contributed by atoms with Gasteiger partial charge in [0.2, 0.25) is 5.91 Å². The number of rotatable bonds is 2. The minimum atomic E-state index is -0.803. The summed E-state index contributed by atoms with van der Waals surface area (Å²) in [7, 11) is 0. The van der Waals surface area contributed by atoms with Crippen LogP contribution in [0, 0.1) is 0 Å². The predicted molar refractivity (Wildman–Crippen MR) is 47.7 cm³/mol. The fourth-order valence-electron chi connectivity index (χ4n) is 0.656. The average molecular weight is 170 g/mol. The number of aliphatic imine (C=N–C) groups is 1. The second-order valence-electron chi connectivity index (χ2n) is 2.33. The third-order valence-electron chi connectivity index (χ3n) is 0.955. The lowest BCUT2D eigenvalue weighted by molar-refractivity contribution is -0.117. The number of carbonyl (C=O) groups is 1. The van der Waals surface area contributed by atoms with Gasteiger partial charge in [0.05, 0.1) is 0 Å². The highest BCUT2D eigenvalue weighted by molar-refractivity contribution is 6.03. The third kappa shape index (κ3) is 5.61. The van der Waals surface area contributed by atoms with Gasteiger partial charge in [0.25, 0.3) is 0 Å². The first kappa shape index (κ1) is 10.8. The molecule has 0 saturated heterocycles. The molecule has 12 heavy (non-hydrogen) atoms. The third-order valence-corrected chi connectivity index (χ3v) is 0.955. The highest BCUT2D eigenvalue weighted by Crippen LogP contribution is 1.85. The SMILES string of the molecule is C/C=C\C(=N/C(C)O)NC(C)=O. The van der Waals surface area contributed by atoms with Crippen molar-refractivity contribution < 1.29 is 9.90 Å². The first-order valence-electron chi connectivity index (χ1n) is 3.72. The van der Waals surface area contributed by atoms with E-state index in [1.54, 1.807) is 19.1 Å². The van der Waals surface area contributed by atoms with Gasteiger partial charge in [0.15, 0.2) is 0 Å². The fourth-order valence-corrected chi connectivity index (χ4v) is 0.656. The van der Waals surface area contributed by atoms with E-state index in [0.29, 0.717) is 5.84 Å². The molecule has 0 spiro atoms. The van der Waals surface area contributed by atoms with Crippen molar-refractivity contribution in [1.82, 2.24) is 5.32 Å². The molecule has 68 valence electrons. The van der Waals surface area contributed by atoms with Crippen LogP contribution < -0.4 is 5.32 Å². The van der Waals surface area contributed by atoms with E-state index in [-0.39, 0.29) is 5.91 Å². The molecule has 4 heteroatoms. The minimum absolute atomic E-state index is 0.201. The quantitative estimate of drug-likeness (QED) is 0.466. The molecule has 0 bridgehead atoms.